The Morgan fingerprint density at radius 3 is 2.60 bits per heavy atom. The van der Waals surface area contributed by atoms with Gasteiger partial charge < -0.3 is 5.73 Å². The lowest BCUT2D eigenvalue weighted by Crippen LogP contribution is -2.53. The van der Waals surface area contributed by atoms with E-state index >= 15 is 0 Å². The van der Waals surface area contributed by atoms with Gasteiger partial charge in [0.25, 0.3) is 0 Å². The third-order valence-corrected chi connectivity index (χ3v) is 6.19. The molecule has 1 aromatic carbocycles. The van der Waals surface area contributed by atoms with Crippen molar-refractivity contribution < 1.29 is 8.42 Å². The van der Waals surface area contributed by atoms with Crippen molar-refractivity contribution in [3.63, 3.8) is 0 Å². The summed E-state index contributed by atoms with van der Waals surface area (Å²) in [5, 5.41) is 0. The molecule has 0 aromatic heterocycles. The molecule has 0 spiro atoms. The first-order valence-electron chi connectivity index (χ1n) is 7.12. The number of sulfonamides is 1. The van der Waals surface area contributed by atoms with E-state index in [4.69, 9.17) is 5.73 Å². The van der Waals surface area contributed by atoms with Crippen LogP contribution in [0.2, 0.25) is 0 Å². The van der Waals surface area contributed by atoms with Gasteiger partial charge in [-0.15, -0.1) is 0 Å². The maximum Gasteiger partial charge on any atom is 0.243 e. The molecule has 1 aliphatic heterocycles. The minimum absolute atomic E-state index is 0.0513. The fourth-order valence-electron chi connectivity index (χ4n) is 2.72. The van der Waals surface area contributed by atoms with E-state index in [1.807, 2.05) is 32.9 Å². The van der Waals surface area contributed by atoms with Gasteiger partial charge >= 0.3 is 0 Å². The van der Waals surface area contributed by atoms with E-state index in [9.17, 15) is 8.42 Å². The number of nitrogens with two attached hydrogens (primary N) is 1. The van der Waals surface area contributed by atoms with E-state index < -0.39 is 10.0 Å². The van der Waals surface area contributed by atoms with Crippen LogP contribution in [0.15, 0.2) is 29.2 Å². The SMILES string of the molecule is CCc1ccccc1S(=O)(=O)N1CCC(N)C(C)(C)C1. The molecule has 1 aromatic rings. The Labute approximate surface area is 122 Å². The summed E-state index contributed by atoms with van der Waals surface area (Å²) in [7, 11) is -3.42. The van der Waals surface area contributed by atoms with Crippen molar-refractivity contribution in [3.05, 3.63) is 29.8 Å². The van der Waals surface area contributed by atoms with Crippen LogP contribution in [0, 0.1) is 5.41 Å². The molecule has 4 nitrogen and oxygen atoms in total. The predicted octanol–water partition coefficient (Wildman–Crippen LogP) is 2.00. The van der Waals surface area contributed by atoms with Crippen LogP contribution in [-0.4, -0.2) is 31.9 Å². The second kappa shape index (κ2) is 5.47. The molecule has 1 fully saturated rings. The highest BCUT2D eigenvalue weighted by Crippen LogP contribution is 2.32. The van der Waals surface area contributed by atoms with Gasteiger partial charge in [-0.2, -0.15) is 4.31 Å². The molecular weight excluding hydrogens is 272 g/mol. The molecule has 0 radical (unpaired) electrons. The largest absolute Gasteiger partial charge is 0.327 e. The Hall–Kier alpha value is -0.910. The highest BCUT2D eigenvalue weighted by molar-refractivity contribution is 7.89. The molecule has 2 rings (SSSR count). The standard InChI is InChI=1S/C15H24N2O2S/c1-4-12-7-5-6-8-13(12)20(18,19)17-10-9-14(16)15(2,3)11-17/h5-8,14H,4,9-11,16H2,1-3H3. The molecule has 0 aliphatic carbocycles. The Bertz CT molecular complexity index is 581. The summed E-state index contributed by atoms with van der Waals surface area (Å²) in [5.74, 6) is 0. The number of benzene rings is 1. The van der Waals surface area contributed by atoms with Crippen LogP contribution in [-0.2, 0) is 16.4 Å². The zero-order valence-electron chi connectivity index (χ0n) is 12.5. The van der Waals surface area contributed by atoms with E-state index in [1.54, 1.807) is 16.4 Å². The van der Waals surface area contributed by atoms with Gasteiger partial charge in [-0.05, 0) is 29.9 Å². The zero-order valence-corrected chi connectivity index (χ0v) is 13.3. The first-order chi connectivity index (χ1) is 9.29. The molecule has 0 bridgehead atoms. The predicted molar refractivity (Wildman–Crippen MR) is 81.0 cm³/mol. The van der Waals surface area contributed by atoms with Crippen molar-refractivity contribution in [1.82, 2.24) is 4.31 Å². The fourth-order valence-corrected chi connectivity index (χ4v) is 4.64. The van der Waals surface area contributed by atoms with Crippen LogP contribution >= 0.6 is 0 Å². The van der Waals surface area contributed by atoms with E-state index in [1.165, 1.54) is 0 Å². The van der Waals surface area contributed by atoms with Gasteiger partial charge in [-0.25, -0.2) is 8.42 Å². The van der Waals surface area contributed by atoms with Crippen LogP contribution in [0.25, 0.3) is 0 Å². The van der Waals surface area contributed by atoms with Crippen molar-refractivity contribution >= 4 is 10.0 Å². The van der Waals surface area contributed by atoms with Crippen LogP contribution in [0.5, 0.6) is 0 Å². The molecule has 1 unspecified atom stereocenters. The summed E-state index contributed by atoms with van der Waals surface area (Å²) < 4.78 is 27.3. The normalized spacial score (nSPS) is 23.7. The number of hydrogen-bond donors (Lipinski definition) is 1. The lowest BCUT2D eigenvalue weighted by atomic mass is 9.81. The van der Waals surface area contributed by atoms with Gasteiger partial charge in [0.15, 0.2) is 0 Å². The molecule has 20 heavy (non-hydrogen) atoms. The van der Waals surface area contributed by atoms with Crippen LogP contribution in [0.4, 0.5) is 0 Å². The molecule has 5 heteroatoms. The van der Waals surface area contributed by atoms with Crippen molar-refractivity contribution in [3.8, 4) is 0 Å². The molecular formula is C15H24N2O2S. The second-order valence-electron chi connectivity index (χ2n) is 6.18. The highest BCUT2D eigenvalue weighted by atomic mass is 32.2. The number of nitrogens with zero attached hydrogens (tertiary/aromatic N) is 1. The number of rotatable bonds is 3. The van der Waals surface area contributed by atoms with Gasteiger partial charge in [0.1, 0.15) is 0 Å². The highest BCUT2D eigenvalue weighted by Gasteiger charge is 2.39. The molecule has 1 aliphatic rings. The fraction of sp³-hybridized carbons (Fsp3) is 0.600. The average Bonchev–Trinajstić information content (AvgIpc) is 2.41. The smallest absolute Gasteiger partial charge is 0.243 e. The van der Waals surface area contributed by atoms with Gasteiger partial charge in [0.2, 0.25) is 10.0 Å². The molecule has 2 N–H and O–H groups in total. The molecule has 0 amide bonds. The van der Waals surface area contributed by atoms with Crippen LogP contribution in [0.1, 0.15) is 32.8 Å². The van der Waals surface area contributed by atoms with Gasteiger partial charge in [-0.3, -0.25) is 0 Å². The number of piperidine rings is 1. The second-order valence-corrected chi connectivity index (χ2v) is 8.09. The van der Waals surface area contributed by atoms with Gasteiger partial charge in [0.05, 0.1) is 4.90 Å². The molecule has 1 atom stereocenters. The Morgan fingerprint density at radius 1 is 1.35 bits per heavy atom. The maximum absolute atomic E-state index is 12.8. The summed E-state index contributed by atoms with van der Waals surface area (Å²) in [6, 6.07) is 7.31. The van der Waals surface area contributed by atoms with E-state index in [0.717, 1.165) is 5.56 Å². The average molecular weight is 296 g/mol. The molecule has 1 saturated heterocycles. The summed E-state index contributed by atoms with van der Waals surface area (Å²) >= 11 is 0. The van der Waals surface area contributed by atoms with Crippen molar-refractivity contribution in [2.24, 2.45) is 11.1 Å². The first-order valence-corrected chi connectivity index (χ1v) is 8.56. The van der Waals surface area contributed by atoms with Gasteiger partial charge in [-0.1, -0.05) is 39.0 Å². The third kappa shape index (κ3) is 2.75. The van der Waals surface area contributed by atoms with E-state index in [-0.39, 0.29) is 11.5 Å². The summed E-state index contributed by atoms with van der Waals surface area (Å²) in [4.78, 5) is 0.439. The minimum atomic E-state index is -3.42. The zero-order chi connectivity index (χ0) is 15.0. The first kappa shape index (κ1) is 15.5. The number of hydrogen-bond acceptors (Lipinski definition) is 3. The van der Waals surface area contributed by atoms with Crippen molar-refractivity contribution in [2.45, 2.75) is 44.6 Å². The quantitative estimate of drug-likeness (QED) is 0.928. The van der Waals surface area contributed by atoms with Crippen molar-refractivity contribution in [2.75, 3.05) is 13.1 Å². The monoisotopic (exact) mass is 296 g/mol. The number of aryl methyl sites for hydroxylation is 1. The topological polar surface area (TPSA) is 63.4 Å². The molecule has 1 heterocycles. The maximum atomic E-state index is 12.8. The minimum Gasteiger partial charge on any atom is -0.327 e. The van der Waals surface area contributed by atoms with Crippen LogP contribution < -0.4 is 5.73 Å². The summed E-state index contributed by atoms with van der Waals surface area (Å²) in [6.45, 7) is 7.03. The van der Waals surface area contributed by atoms with Crippen molar-refractivity contribution in [1.29, 1.82) is 0 Å². The Balaban J connectivity index is 2.36. The lowest BCUT2D eigenvalue weighted by molar-refractivity contribution is 0.155. The Kier molecular flexibility index (Phi) is 4.23. The summed E-state index contributed by atoms with van der Waals surface area (Å²) in [6.07, 6.45) is 1.42. The molecule has 112 valence electrons. The summed E-state index contributed by atoms with van der Waals surface area (Å²) in [5.41, 5.74) is 6.78. The van der Waals surface area contributed by atoms with E-state index in [0.29, 0.717) is 30.8 Å². The van der Waals surface area contributed by atoms with Crippen LogP contribution in [0.3, 0.4) is 0 Å². The van der Waals surface area contributed by atoms with E-state index in [2.05, 4.69) is 0 Å². The lowest BCUT2D eigenvalue weighted by Gasteiger charge is -2.41. The third-order valence-electron chi connectivity index (χ3n) is 4.25. The van der Waals surface area contributed by atoms with Gasteiger partial charge in [0, 0.05) is 19.1 Å². The molecule has 0 saturated carbocycles. The Morgan fingerprint density at radius 2 is 2.00 bits per heavy atom.